The van der Waals surface area contributed by atoms with Crippen molar-refractivity contribution in [3.05, 3.63) is 12.7 Å². The Kier molecular flexibility index (Phi) is 3.50. The topological polar surface area (TPSA) is 40.6 Å². The van der Waals surface area contributed by atoms with Gasteiger partial charge in [-0.3, -0.25) is 9.59 Å². The monoisotopic (exact) mass is 236 g/mol. The summed E-state index contributed by atoms with van der Waals surface area (Å²) in [5.41, 5.74) is 0. The molecule has 0 bridgehead atoms. The second-order valence-corrected chi connectivity index (χ2v) is 4.86. The molecule has 0 aromatic heterocycles. The van der Waals surface area contributed by atoms with Gasteiger partial charge in [0, 0.05) is 25.6 Å². The predicted molar refractivity (Wildman–Crippen MR) is 65.3 cm³/mol. The fraction of sp³-hybridized carbons (Fsp3) is 0.692. The highest BCUT2D eigenvalue weighted by Crippen LogP contribution is 2.23. The van der Waals surface area contributed by atoms with E-state index in [4.69, 9.17) is 0 Å². The molecular weight excluding hydrogens is 216 g/mol. The molecule has 2 heterocycles. The number of carbonyl (C=O) groups is 2. The molecule has 2 aliphatic rings. The second kappa shape index (κ2) is 4.90. The first-order chi connectivity index (χ1) is 8.15. The first kappa shape index (κ1) is 12.1. The lowest BCUT2D eigenvalue weighted by molar-refractivity contribution is -0.143. The van der Waals surface area contributed by atoms with Gasteiger partial charge in [-0.25, -0.2) is 0 Å². The molecule has 2 unspecified atom stereocenters. The number of piperidine rings is 1. The van der Waals surface area contributed by atoms with Crippen molar-refractivity contribution in [2.24, 2.45) is 0 Å². The van der Waals surface area contributed by atoms with E-state index in [2.05, 4.69) is 6.58 Å². The largest absolute Gasteiger partial charge is 0.334 e. The Morgan fingerprint density at radius 3 is 2.82 bits per heavy atom. The van der Waals surface area contributed by atoms with Crippen LogP contribution in [0.4, 0.5) is 0 Å². The van der Waals surface area contributed by atoms with E-state index in [9.17, 15) is 9.59 Å². The summed E-state index contributed by atoms with van der Waals surface area (Å²) in [6, 6.07) is -0.210. The van der Waals surface area contributed by atoms with Gasteiger partial charge in [0.05, 0.1) is 0 Å². The van der Waals surface area contributed by atoms with E-state index in [1.807, 2.05) is 6.92 Å². The zero-order valence-corrected chi connectivity index (χ0v) is 10.4. The van der Waals surface area contributed by atoms with Gasteiger partial charge in [-0.2, -0.15) is 0 Å². The summed E-state index contributed by atoms with van der Waals surface area (Å²) < 4.78 is 0. The van der Waals surface area contributed by atoms with Crippen LogP contribution in [-0.2, 0) is 9.59 Å². The van der Waals surface area contributed by atoms with E-state index >= 15 is 0 Å². The number of hydrogen-bond donors (Lipinski definition) is 0. The summed E-state index contributed by atoms with van der Waals surface area (Å²) in [4.78, 5) is 28.0. The highest BCUT2D eigenvalue weighted by Gasteiger charge is 2.38. The van der Waals surface area contributed by atoms with Crippen LogP contribution in [0.1, 0.15) is 32.6 Å². The third-order valence-electron chi connectivity index (χ3n) is 3.79. The van der Waals surface area contributed by atoms with Crippen LogP contribution in [0.2, 0.25) is 0 Å². The summed E-state index contributed by atoms with van der Waals surface area (Å²) in [6.07, 6.45) is 5.08. The third kappa shape index (κ3) is 2.21. The van der Waals surface area contributed by atoms with Crippen LogP contribution in [0.5, 0.6) is 0 Å². The number of rotatable bonds is 2. The molecule has 94 valence electrons. The lowest BCUT2D eigenvalue weighted by atomic mass is 10.0. The van der Waals surface area contributed by atoms with Crippen LogP contribution in [0.25, 0.3) is 0 Å². The number of hydrogen-bond acceptors (Lipinski definition) is 2. The lowest BCUT2D eigenvalue weighted by Gasteiger charge is -2.35. The van der Waals surface area contributed by atoms with E-state index in [1.165, 1.54) is 0 Å². The Balaban J connectivity index is 2.22. The van der Waals surface area contributed by atoms with Crippen LogP contribution in [-0.4, -0.2) is 46.8 Å². The molecule has 0 aliphatic carbocycles. The molecule has 2 rings (SSSR count). The van der Waals surface area contributed by atoms with Gasteiger partial charge >= 0.3 is 0 Å². The lowest BCUT2D eigenvalue weighted by Crippen LogP contribution is -2.51. The van der Waals surface area contributed by atoms with Gasteiger partial charge in [-0.1, -0.05) is 6.08 Å². The van der Waals surface area contributed by atoms with E-state index in [1.54, 1.807) is 15.9 Å². The molecule has 17 heavy (non-hydrogen) atoms. The summed E-state index contributed by atoms with van der Waals surface area (Å²) in [5, 5.41) is 0. The Labute approximate surface area is 102 Å². The van der Waals surface area contributed by atoms with Crippen molar-refractivity contribution in [1.29, 1.82) is 0 Å². The summed E-state index contributed by atoms with van der Waals surface area (Å²) in [7, 11) is 0. The molecule has 4 heteroatoms. The van der Waals surface area contributed by atoms with Crippen molar-refractivity contribution in [3.63, 3.8) is 0 Å². The van der Waals surface area contributed by atoms with E-state index in [0.717, 1.165) is 25.8 Å². The average molecular weight is 236 g/mol. The van der Waals surface area contributed by atoms with Gasteiger partial charge in [-0.15, -0.1) is 6.58 Å². The molecule has 2 atom stereocenters. The van der Waals surface area contributed by atoms with Crippen molar-refractivity contribution < 1.29 is 9.59 Å². The Bertz CT molecular complexity index is 340. The molecule has 0 radical (unpaired) electrons. The molecule has 0 saturated carbocycles. The third-order valence-corrected chi connectivity index (χ3v) is 3.79. The molecule has 2 aliphatic heterocycles. The number of amides is 2. The van der Waals surface area contributed by atoms with E-state index in [0.29, 0.717) is 13.0 Å². The number of carbonyl (C=O) groups excluding carboxylic acids is 2. The van der Waals surface area contributed by atoms with Crippen LogP contribution in [0.3, 0.4) is 0 Å². The number of nitrogens with zero attached hydrogens (tertiary/aromatic N) is 2. The Hall–Kier alpha value is -1.32. The molecule has 0 aromatic rings. The smallest absolute Gasteiger partial charge is 0.245 e. The molecule has 2 saturated heterocycles. The summed E-state index contributed by atoms with van der Waals surface area (Å²) >= 11 is 0. The van der Waals surface area contributed by atoms with Crippen molar-refractivity contribution in [2.45, 2.75) is 44.7 Å². The normalized spacial score (nSPS) is 27.5. The zero-order chi connectivity index (χ0) is 12.4. The molecule has 2 fully saturated rings. The molecule has 4 nitrogen and oxygen atoms in total. The highest BCUT2D eigenvalue weighted by atomic mass is 16.2. The predicted octanol–water partition coefficient (Wildman–Crippen LogP) is 1.17. The summed E-state index contributed by atoms with van der Waals surface area (Å²) in [5.74, 6) is 0.227. The first-order valence-corrected chi connectivity index (χ1v) is 6.37. The fourth-order valence-corrected chi connectivity index (χ4v) is 2.68. The van der Waals surface area contributed by atoms with E-state index in [-0.39, 0.29) is 23.9 Å². The van der Waals surface area contributed by atoms with Crippen LogP contribution < -0.4 is 0 Å². The van der Waals surface area contributed by atoms with Gasteiger partial charge in [0.1, 0.15) is 6.04 Å². The van der Waals surface area contributed by atoms with Crippen molar-refractivity contribution >= 4 is 11.8 Å². The van der Waals surface area contributed by atoms with Crippen molar-refractivity contribution in [1.82, 2.24) is 9.80 Å². The molecule has 0 N–H and O–H groups in total. The Morgan fingerprint density at radius 2 is 2.12 bits per heavy atom. The molecule has 2 amide bonds. The van der Waals surface area contributed by atoms with Crippen LogP contribution >= 0.6 is 0 Å². The molecule has 0 aromatic carbocycles. The maximum Gasteiger partial charge on any atom is 0.245 e. The minimum Gasteiger partial charge on any atom is -0.334 e. The highest BCUT2D eigenvalue weighted by molar-refractivity contribution is 5.90. The zero-order valence-electron chi connectivity index (χ0n) is 10.4. The van der Waals surface area contributed by atoms with Gasteiger partial charge in [0.2, 0.25) is 11.8 Å². The van der Waals surface area contributed by atoms with Gasteiger partial charge in [0.15, 0.2) is 0 Å². The Morgan fingerprint density at radius 1 is 1.35 bits per heavy atom. The standard InChI is InChI=1S/C13H20N2O2/c1-3-10(2)14-9-7-12(16)15-8-5-4-6-11(15)13(14)17/h3,10-11H,1,4-9H2,2H3. The average Bonchev–Trinajstić information content (AvgIpc) is 2.49. The maximum absolute atomic E-state index is 12.4. The second-order valence-electron chi connectivity index (χ2n) is 4.86. The van der Waals surface area contributed by atoms with E-state index < -0.39 is 0 Å². The minimum atomic E-state index is -0.221. The maximum atomic E-state index is 12.4. The first-order valence-electron chi connectivity index (χ1n) is 6.37. The number of fused-ring (bicyclic) bond motifs is 1. The van der Waals surface area contributed by atoms with Crippen molar-refractivity contribution in [3.8, 4) is 0 Å². The van der Waals surface area contributed by atoms with Crippen LogP contribution in [0.15, 0.2) is 12.7 Å². The van der Waals surface area contributed by atoms with Gasteiger partial charge < -0.3 is 9.80 Å². The molecular formula is C13H20N2O2. The van der Waals surface area contributed by atoms with Gasteiger partial charge in [-0.05, 0) is 26.2 Å². The minimum absolute atomic E-state index is 0.0113. The van der Waals surface area contributed by atoms with Gasteiger partial charge in [0.25, 0.3) is 0 Å². The summed E-state index contributed by atoms with van der Waals surface area (Å²) in [6.45, 7) is 6.95. The van der Waals surface area contributed by atoms with Crippen molar-refractivity contribution in [2.75, 3.05) is 13.1 Å². The SMILES string of the molecule is C=CC(C)N1CCC(=O)N2CCCCC2C1=O. The quantitative estimate of drug-likeness (QED) is 0.675. The molecule has 0 spiro atoms. The fourth-order valence-electron chi connectivity index (χ4n) is 2.68. The van der Waals surface area contributed by atoms with Crippen LogP contribution in [0, 0.1) is 0 Å².